The summed E-state index contributed by atoms with van der Waals surface area (Å²) in [5, 5.41) is 1.44. The van der Waals surface area contributed by atoms with Gasteiger partial charge in [0.2, 0.25) is 0 Å². The van der Waals surface area contributed by atoms with Gasteiger partial charge in [-0.1, -0.05) is 29.3 Å². The highest BCUT2D eigenvalue weighted by molar-refractivity contribution is 6.47. The van der Waals surface area contributed by atoms with Crippen molar-refractivity contribution in [2.75, 3.05) is 6.61 Å². The zero-order valence-corrected chi connectivity index (χ0v) is 9.47. The Morgan fingerprint density at radius 3 is 2.75 bits per heavy atom. The van der Waals surface area contributed by atoms with Gasteiger partial charge in [0.1, 0.15) is 0 Å². The quantitative estimate of drug-likeness (QED) is 0.632. The lowest BCUT2D eigenvalue weighted by molar-refractivity contribution is 0.367. The molecule has 0 aliphatic rings. The van der Waals surface area contributed by atoms with E-state index in [1.54, 1.807) is 0 Å². The number of aryl methyl sites for hydroxylation is 2. The van der Waals surface area contributed by atoms with E-state index in [-0.39, 0.29) is 0 Å². The normalized spacial score (nSPS) is 11.2. The van der Waals surface area contributed by atoms with Crippen LogP contribution >= 0.6 is 0 Å². The Kier molecular flexibility index (Phi) is 3.50. The van der Waals surface area contributed by atoms with Gasteiger partial charge in [-0.3, -0.25) is 0 Å². The molecular formula is C10H16OSi. The van der Waals surface area contributed by atoms with E-state index < -0.39 is 9.76 Å². The van der Waals surface area contributed by atoms with E-state index in [4.69, 9.17) is 4.43 Å². The molecule has 0 saturated heterocycles. The van der Waals surface area contributed by atoms with Gasteiger partial charge < -0.3 is 4.43 Å². The van der Waals surface area contributed by atoms with Crippen molar-refractivity contribution >= 4 is 14.9 Å². The molecule has 0 unspecified atom stereocenters. The van der Waals surface area contributed by atoms with Crippen LogP contribution in [0.15, 0.2) is 18.2 Å². The lowest BCUT2D eigenvalue weighted by atomic mass is 10.2. The van der Waals surface area contributed by atoms with Crippen LogP contribution in [0.1, 0.15) is 18.1 Å². The number of rotatable bonds is 3. The summed E-state index contributed by atoms with van der Waals surface area (Å²) in [6.45, 7) is 7.18. The van der Waals surface area contributed by atoms with Crippen molar-refractivity contribution in [2.24, 2.45) is 0 Å². The highest BCUT2D eigenvalue weighted by atomic mass is 28.2. The first kappa shape index (κ1) is 9.48. The Morgan fingerprint density at radius 2 is 2.08 bits per heavy atom. The average molecular weight is 180 g/mol. The van der Waals surface area contributed by atoms with Gasteiger partial charge in [-0.2, -0.15) is 0 Å². The van der Waals surface area contributed by atoms with E-state index in [1.807, 2.05) is 0 Å². The molecule has 1 rings (SSSR count). The molecule has 1 nitrogen and oxygen atoms in total. The molecule has 0 fully saturated rings. The molecule has 66 valence electrons. The van der Waals surface area contributed by atoms with Crippen molar-refractivity contribution in [3.05, 3.63) is 29.3 Å². The zero-order valence-electron chi connectivity index (χ0n) is 8.05. The van der Waals surface area contributed by atoms with E-state index in [9.17, 15) is 0 Å². The van der Waals surface area contributed by atoms with Crippen molar-refractivity contribution in [1.82, 2.24) is 0 Å². The third-order valence-corrected chi connectivity index (χ3v) is 3.65. The first-order valence-electron chi connectivity index (χ1n) is 4.38. The summed E-state index contributed by atoms with van der Waals surface area (Å²) in [6.07, 6.45) is 0. The zero-order chi connectivity index (χ0) is 8.97. The molecule has 0 aliphatic heterocycles. The Balaban J connectivity index is 2.75. The van der Waals surface area contributed by atoms with E-state index in [2.05, 4.69) is 39.0 Å². The average Bonchev–Trinajstić information content (AvgIpc) is 2.07. The predicted octanol–water partition coefficient (Wildman–Crippen LogP) is 1.05. The largest absolute Gasteiger partial charge is 0.419 e. The minimum atomic E-state index is -0.462. The fraction of sp³-hybridized carbons (Fsp3) is 0.400. The van der Waals surface area contributed by atoms with Crippen LogP contribution in [0.2, 0.25) is 0 Å². The van der Waals surface area contributed by atoms with Gasteiger partial charge in [0, 0.05) is 6.61 Å². The second-order valence-corrected chi connectivity index (χ2v) is 4.53. The molecule has 0 aliphatic carbocycles. The Hall–Kier alpha value is -0.603. The summed E-state index contributed by atoms with van der Waals surface area (Å²) in [5.74, 6) is 0. The highest BCUT2D eigenvalue weighted by Crippen LogP contribution is 1.98. The predicted molar refractivity (Wildman–Crippen MR) is 55.7 cm³/mol. The Labute approximate surface area is 76.7 Å². The summed E-state index contributed by atoms with van der Waals surface area (Å²) in [6, 6.07) is 6.58. The van der Waals surface area contributed by atoms with Crippen LogP contribution in [-0.2, 0) is 4.43 Å². The van der Waals surface area contributed by atoms with Crippen LogP contribution in [0.4, 0.5) is 0 Å². The van der Waals surface area contributed by atoms with Crippen molar-refractivity contribution < 1.29 is 4.43 Å². The summed E-state index contributed by atoms with van der Waals surface area (Å²) in [5.41, 5.74) is 2.71. The molecule has 0 radical (unpaired) electrons. The first-order valence-corrected chi connectivity index (χ1v) is 5.66. The van der Waals surface area contributed by atoms with Crippen molar-refractivity contribution in [1.29, 1.82) is 0 Å². The monoisotopic (exact) mass is 180 g/mol. The van der Waals surface area contributed by atoms with Gasteiger partial charge in [-0.25, -0.2) is 0 Å². The molecule has 0 saturated carbocycles. The Morgan fingerprint density at radius 1 is 1.33 bits per heavy atom. The van der Waals surface area contributed by atoms with E-state index in [0.29, 0.717) is 0 Å². The number of benzene rings is 1. The fourth-order valence-electron chi connectivity index (χ4n) is 1.17. The Bertz CT molecular complexity index is 258. The van der Waals surface area contributed by atoms with Gasteiger partial charge in [0.05, 0.1) is 0 Å². The summed E-state index contributed by atoms with van der Waals surface area (Å²) >= 11 is 0. The minimum Gasteiger partial charge on any atom is -0.419 e. The van der Waals surface area contributed by atoms with Crippen molar-refractivity contribution in [3.8, 4) is 0 Å². The minimum absolute atomic E-state index is 0.462. The number of hydrogen-bond donors (Lipinski definition) is 0. The van der Waals surface area contributed by atoms with Crippen LogP contribution in [0.5, 0.6) is 0 Å². The first-order chi connectivity index (χ1) is 5.74. The van der Waals surface area contributed by atoms with E-state index >= 15 is 0 Å². The molecule has 2 heteroatoms. The van der Waals surface area contributed by atoms with Crippen LogP contribution in [-0.4, -0.2) is 16.4 Å². The van der Waals surface area contributed by atoms with E-state index in [0.717, 1.165) is 6.61 Å². The summed E-state index contributed by atoms with van der Waals surface area (Å²) in [7, 11) is -0.462. The molecular weight excluding hydrogens is 164 g/mol. The van der Waals surface area contributed by atoms with Crippen LogP contribution < -0.4 is 5.19 Å². The number of hydrogen-bond acceptors (Lipinski definition) is 1. The van der Waals surface area contributed by atoms with Crippen molar-refractivity contribution in [3.63, 3.8) is 0 Å². The van der Waals surface area contributed by atoms with Crippen molar-refractivity contribution in [2.45, 2.75) is 20.8 Å². The third-order valence-electron chi connectivity index (χ3n) is 1.97. The maximum Gasteiger partial charge on any atom is 0.192 e. The van der Waals surface area contributed by atoms with Crippen LogP contribution in [0, 0.1) is 13.8 Å². The van der Waals surface area contributed by atoms with Gasteiger partial charge in [0.25, 0.3) is 0 Å². The molecule has 0 N–H and O–H groups in total. The second-order valence-electron chi connectivity index (χ2n) is 3.07. The highest BCUT2D eigenvalue weighted by Gasteiger charge is 1.98. The molecule has 0 aromatic heterocycles. The maximum absolute atomic E-state index is 5.49. The lowest BCUT2D eigenvalue weighted by Crippen LogP contribution is -2.20. The van der Waals surface area contributed by atoms with Gasteiger partial charge >= 0.3 is 0 Å². The molecule has 0 amide bonds. The van der Waals surface area contributed by atoms with Gasteiger partial charge in [-0.15, -0.1) is 0 Å². The second kappa shape index (κ2) is 4.43. The SMILES string of the molecule is CCO[SiH2]c1cc(C)ccc1C. The third kappa shape index (κ3) is 2.46. The molecule has 0 atom stereocenters. The van der Waals surface area contributed by atoms with Gasteiger partial charge in [0.15, 0.2) is 9.76 Å². The molecule has 0 heterocycles. The van der Waals surface area contributed by atoms with Crippen LogP contribution in [0.3, 0.4) is 0 Å². The van der Waals surface area contributed by atoms with Gasteiger partial charge in [-0.05, 0) is 26.0 Å². The van der Waals surface area contributed by atoms with E-state index in [1.165, 1.54) is 16.3 Å². The molecule has 12 heavy (non-hydrogen) atoms. The molecule has 1 aromatic rings. The lowest BCUT2D eigenvalue weighted by Gasteiger charge is -2.05. The molecule has 1 aromatic carbocycles. The maximum atomic E-state index is 5.49. The molecule has 0 bridgehead atoms. The van der Waals surface area contributed by atoms with Crippen LogP contribution in [0.25, 0.3) is 0 Å². The molecule has 0 spiro atoms. The topological polar surface area (TPSA) is 9.23 Å². The fourth-order valence-corrected chi connectivity index (χ4v) is 2.34. The smallest absolute Gasteiger partial charge is 0.192 e. The summed E-state index contributed by atoms with van der Waals surface area (Å²) < 4.78 is 5.49. The standard InChI is InChI=1S/C10H16OSi/c1-4-11-12-10-7-8(2)5-6-9(10)3/h5-7H,4,12H2,1-3H3. The summed E-state index contributed by atoms with van der Waals surface area (Å²) in [4.78, 5) is 0.